The van der Waals surface area contributed by atoms with E-state index >= 15 is 4.39 Å². The molecule has 1 fully saturated rings. The predicted molar refractivity (Wildman–Crippen MR) is 140 cm³/mol. The van der Waals surface area contributed by atoms with Gasteiger partial charge in [0, 0.05) is 23.4 Å². The number of amides is 3. The van der Waals surface area contributed by atoms with E-state index in [1.165, 1.54) is 6.20 Å². The van der Waals surface area contributed by atoms with Crippen molar-refractivity contribution < 1.29 is 28.6 Å². The van der Waals surface area contributed by atoms with Crippen LogP contribution in [0.5, 0.6) is 0 Å². The number of carbonyl (C=O) groups excluding carboxylic acids is 2. The Bertz CT molecular complexity index is 1480. The van der Waals surface area contributed by atoms with Crippen LogP contribution in [0.1, 0.15) is 67.9 Å². The van der Waals surface area contributed by atoms with E-state index in [1.54, 1.807) is 31.5 Å². The molecule has 0 aromatic carbocycles. The molecule has 0 radical (unpaired) electrons. The van der Waals surface area contributed by atoms with Crippen LogP contribution in [0.4, 0.5) is 19.8 Å². The van der Waals surface area contributed by atoms with Gasteiger partial charge >= 0.3 is 12.2 Å². The smallest absolute Gasteiger partial charge is 0.414 e. The quantitative estimate of drug-likeness (QED) is 0.434. The molecule has 1 saturated carbocycles. The average molecular weight is 539 g/mol. The highest BCUT2D eigenvalue weighted by Gasteiger charge is 2.40. The monoisotopic (exact) mass is 538 g/mol. The van der Waals surface area contributed by atoms with Gasteiger partial charge in [0.15, 0.2) is 11.6 Å². The van der Waals surface area contributed by atoms with Crippen LogP contribution in [0.3, 0.4) is 0 Å². The Kier molecular flexibility index (Phi) is 6.65. The first-order valence-corrected chi connectivity index (χ1v) is 12.9. The average Bonchev–Trinajstić information content (AvgIpc) is 3.42. The van der Waals surface area contributed by atoms with Crippen LogP contribution in [0, 0.1) is 12.7 Å². The van der Waals surface area contributed by atoms with Crippen LogP contribution in [0.2, 0.25) is 0 Å². The van der Waals surface area contributed by atoms with Crippen molar-refractivity contribution >= 4 is 29.4 Å². The standard InChI is InChI=1S/C27H31FN6O5/c1-14-9-10-34-19(11-14)15(12-29-34)22-20-16(13-33(24(20)35)26(37)38)21(28)23(32-22)30-17-7-5-6-8-18(17)31-25(36)39-27(2,3)4/h9-12,17-18H,5-8,13H2,1-4H3,(H,30,32)(H,31,36)(H,37,38)/t17-,18+/m1/s1. The van der Waals surface area contributed by atoms with E-state index in [2.05, 4.69) is 20.7 Å². The first-order chi connectivity index (χ1) is 18.4. The van der Waals surface area contributed by atoms with E-state index in [-0.39, 0.29) is 34.7 Å². The van der Waals surface area contributed by atoms with E-state index in [0.29, 0.717) is 28.8 Å². The van der Waals surface area contributed by atoms with Gasteiger partial charge < -0.3 is 20.5 Å². The zero-order valence-corrected chi connectivity index (χ0v) is 22.2. The van der Waals surface area contributed by atoms with Gasteiger partial charge in [-0.3, -0.25) is 4.79 Å². The molecule has 3 aromatic rings. The van der Waals surface area contributed by atoms with Gasteiger partial charge in [-0.15, -0.1) is 0 Å². The van der Waals surface area contributed by atoms with E-state index < -0.39 is 36.1 Å². The van der Waals surface area contributed by atoms with Crippen LogP contribution >= 0.6 is 0 Å². The number of hydrogen-bond acceptors (Lipinski definition) is 7. The highest BCUT2D eigenvalue weighted by atomic mass is 19.1. The Morgan fingerprint density at radius 2 is 1.92 bits per heavy atom. The number of alkyl carbamates (subject to hydrolysis) is 1. The number of nitrogens with zero attached hydrogens (tertiary/aromatic N) is 4. The first kappa shape index (κ1) is 26.4. The number of anilines is 1. The summed E-state index contributed by atoms with van der Waals surface area (Å²) >= 11 is 0. The lowest BCUT2D eigenvalue weighted by atomic mass is 9.90. The van der Waals surface area contributed by atoms with E-state index in [4.69, 9.17) is 4.74 Å². The predicted octanol–water partition coefficient (Wildman–Crippen LogP) is 4.73. The third-order valence-electron chi connectivity index (χ3n) is 6.96. The molecule has 0 saturated heterocycles. The number of hydrogen-bond donors (Lipinski definition) is 3. The zero-order chi connectivity index (χ0) is 28.1. The molecule has 4 heterocycles. The SMILES string of the molecule is Cc1ccn2ncc(-c3nc(N[C@@H]4CCCC[C@@H]4NC(=O)OC(C)(C)C)c(F)c4c3C(=O)N(C(=O)O)C4)c2c1. The van der Waals surface area contributed by atoms with Gasteiger partial charge in [-0.05, 0) is 58.2 Å². The van der Waals surface area contributed by atoms with Gasteiger partial charge in [0.1, 0.15) is 5.60 Å². The molecule has 206 valence electrons. The number of rotatable bonds is 4. The molecule has 1 aliphatic heterocycles. The second-order valence-electron chi connectivity index (χ2n) is 11.0. The molecule has 39 heavy (non-hydrogen) atoms. The number of imide groups is 1. The highest BCUT2D eigenvalue weighted by Crippen LogP contribution is 2.38. The topological polar surface area (TPSA) is 138 Å². The third-order valence-corrected chi connectivity index (χ3v) is 6.96. The number of ether oxygens (including phenoxy) is 1. The molecule has 12 heteroatoms. The summed E-state index contributed by atoms with van der Waals surface area (Å²) in [4.78, 5) is 42.5. The van der Waals surface area contributed by atoms with Crippen LogP contribution in [-0.2, 0) is 11.3 Å². The molecule has 3 amide bonds. The second kappa shape index (κ2) is 9.83. The van der Waals surface area contributed by atoms with Gasteiger partial charge in [-0.2, -0.15) is 5.10 Å². The summed E-state index contributed by atoms with van der Waals surface area (Å²) in [5.41, 5.74) is 1.41. The van der Waals surface area contributed by atoms with Crippen LogP contribution in [-0.4, -0.2) is 60.4 Å². The lowest BCUT2D eigenvalue weighted by Crippen LogP contribution is -2.50. The van der Waals surface area contributed by atoms with Crippen molar-refractivity contribution in [1.82, 2.24) is 24.8 Å². The fourth-order valence-corrected chi connectivity index (χ4v) is 5.18. The minimum absolute atomic E-state index is 0.0469. The lowest BCUT2D eigenvalue weighted by Gasteiger charge is -2.34. The number of aryl methyl sites for hydroxylation is 1. The summed E-state index contributed by atoms with van der Waals surface area (Å²) in [6, 6.07) is 3.03. The number of pyridine rings is 2. The van der Waals surface area contributed by atoms with Crippen molar-refractivity contribution in [2.45, 2.75) is 77.6 Å². The molecule has 2 atom stereocenters. The Morgan fingerprint density at radius 3 is 2.62 bits per heavy atom. The molecule has 5 rings (SSSR count). The molecule has 0 unspecified atom stereocenters. The molecular formula is C27H31FN6O5. The summed E-state index contributed by atoms with van der Waals surface area (Å²) in [5, 5.41) is 20.0. The van der Waals surface area contributed by atoms with Crippen LogP contribution in [0.25, 0.3) is 16.8 Å². The second-order valence-corrected chi connectivity index (χ2v) is 11.0. The molecule has 0 bridgehead atoms. The van der Waals surface area contributed by atoms with Crippen LogP contribution in [0.15, 0.2) is 24.5 Å². The van der Waals surface area contributed by atoms with Crippen molar-refractivity contribution in [2.24, 2.45) is 0 Å². The Balaban J connectivity index is 1.56. The molecule has 3 N–H and O–H groups in total. The minimum atomic E-state index is -1.47. The van der Waals surface area contributed by atoms with Gasteiger partial charge in [0.25, 0.3) is 5.91 Å². The fourth-order valence-electron chi connectivity index (χ4n) is 5.18. The zero-order valence-electron chi connectivity index (χ0n) is 22.2. The van der Waals surface area contributed by atoms with Crippen molar-refractivity contribution in [2.75, 3.05) is 5.32 Å². The number of carboxylic acid groups (broad SMARTS) is 1. The summed E-state index contributed by atoms with van der Waals surface area (Å²) < 4.78 is 22.9. The maximum absolute atomic E-state index is 15.9. The summed E-state index contributed by atoms with van der Waals surface area (Å²) in [6.07, 6.45) is 4.31. The highest BCUT2D eigenvalue weighted by molar-refractivity contribution is 6.10. The third kappa shape index (κ3) is 5.10. The van der Waals surface area contributed by atoms with Crippen LogP contribution < -0.4 is 10.6 Å². The Morgan fingerprint density at radius 1 is 1.21 bits per heavy atom. The van der Waals surface area contributed by atoms with Crippen molar-refractivity contribution in [3.63, 3.8) is 0 Å². The van der Waals surface area contributed by atoms with Gasteiger partial charge in [-0.25, -0.2) is 28.4 Å². The Labute approximate surface area is 224 Å². The molecule has 11 nitrogen and oxygen atoms in total. The number of aromatic nitrogens is 3. The van der Waals surface area contributed by atoms with Gasteiger partial charge in [0.05, 0.1) is 35.6 Å². The maximum Gasteiger partial charge on any atom is 0.414 e. The first-order valence-electron chi connectivity index (χ1n) is 12.9. The number of fused-ring (bicyclic) bond motifs is 2. The van der Waals surface area contributed by atoms with E-state index in [9.17, 15) is 19.5 Å². The Hall–Kier alpha value is -4.22. The molecule has 1 aliphatic carbocycles. The summed E-state index contributed by atoms with van der Waals surface area (Å²) in [5.74, 6) is -1.74. The van der Waals surface area contributed by atoms with Gasteiger partial charge in [0.2, 0.25) is 0 Å². The van der Waals surface area contributed by atoms with E-state index in [0.717, 1.165) is 18.4 Å². The van der Waals surface area contributed by atoms with Crippen molar-refractivity contribution in [1.29, 1.82) is 0 Å². The number of halogens is 1. The van der Waals surface area contributed by atoms with Crippen molar-refractivity contribution in [3.05, 3.63) is 47.0 Å². The lowest BCUT2D eigenvalue weighted by molar-refractivity contribution is 0.0488. The number of carbonyl (C=O) groups is 3. The molecule has 0 spiro atoms. The normalized spacial score (nSPS) is 19.2. The minimum Gasteiger partial charge on any atom is -0.465 e. The number of nitrogens with one attached hydrogen (secondary N) is 2. The van der Waals surface area contributed by atoms with Crippen molar-refractivity contribution in [3.8, 4) is 11.3 Å². The maximum atomic E-state index is 15.9. The molecule has 2 aliphatic rings. The molecule has 3 aromatic heterocycles. The fraction of sp³-hybridized carbons (Fsp3) is 0.444. The summed E-state index contributed by atoms with van der Waals surface area (Å²) in [6.45, 7) is 6.81. The summed E-state index contributed by atoms with van der Waals surface area (Å²) in [7, 11) is 0. The largest absolute Gasteiger partial charge is 0.465 e. The van der Waals surface area contributed by atoms with Gasteiger partial charge in [-0.1, -0.05) is 12.8 Å². The van der Waals surface area contributed by atoms with E-state index in [1.807, 2.05) is 19.1 Å². The molecular weight excluding hydrogens is 507 g/mol.